The van der Waals surface area contributed by atoms with Gasteiger partial charge < -0.3 is 14.5 Å². The summed E-state index contributed by atoms with van der Waals surface area (Å²) in [6.45, 7) is 4.40. The molecule has 3 aromatic rings. The highest BCUT2D eigenvalue weighted by Crippen LogP contribution is 2.27. The molecule has 0 saturated carbocycles. The number of ether oxygens (including phenoxy) is 1. The quantitative estimate of drug-likeness (QED) is 0.460. The zero-order valence-corrected chi connectivity index (χ0v) is 20.4. The summed E-state index contributed by atoms with van der Waals surface area (Å²) in [4.78, 5) is 21.5. The topological polar surface area (TPSA) is 76.4 Å². The van der Waals surface area contributed by atoms with E-state index in [9.17, 15) is 4.79 Å². The van der Waals surface area contributed by atoms with Gasteiger partial charge in [-0.1, -0.05) is 29.4 Å². The van der Waals surface area contributed by atoms with E-state index in [4.69, 9.17) is 16.3 Å². The first kappa shape index (κ1) is 23.1. The number of anilines is 1. The van der Waals surface area contributed by atoms with Crippen molar-refractivity contribution in [2.45, 2.75) is 30.6 Å². The van der Waals surface area contributed by atoms with Crippen molar-refractivity contribution in [3.05, 3.63) is 53.7 Å². The first-order valence-corrected chi connectivity index (χ1v) is 12.9. The lowest BCUT2D eigenvalue weighted by Gasteiger charge is -2.35. The predicted octanol–water partition coefficient (Wildman–Crippen LogP) is 3.61. The lowest BCUT2D eigenvalue weighted by molar-refractivity contribution is -0.128. The Labute approximate surface area is 208 Å². The molecule has 1 atom stereocenters. The van der Waals surface area contributed by atoms with Gasteiger partial charge in [-0.2, -0.15) is 0 Å². The second-order valence-corrected chi connectivity index (χ2v) is 9.78. The number of aromatic nitrogens is 4. The van der Waals surface area contributed by atoms with Gasteiger partial charge in [0.05, 0.1) is 18.4 Å². The van der Waals surface area contributed by atoms with E-state index in [1.165, 1.54) is 11.8 Å². The second kappa shape index (κ2) is 10.8. The van der Waals surface area contributed by atoms with Gasteiger partial charge in [0, 0.05) is 49.6 Å². The molecule has 5 rings (SSSR count). The van der Waals surface area contributed by atoms with Crippen molar-refractivity contribution in [1.29, 1.82) is 0 Å². The van der Waals surface area contributed by atoms with Gasteiger partial charge in [-0.3, -0.25) is 9.36 Å². The molecule has 0 spiro atoms. The van der Waals surface area contributed by atoms with Gasteiger partial charge in [0.25, 0.3) is 0 Å². The van der Waals surface area contributed by atoms with E-state index in [0.29, 0.717) is 30.4 Å². The van der Waals surface area contributed by atoms with Crippen LogP contribution in [0.1, 0.15) is 12.8 Å². The molecule has 1 amide bonds. The average molecular weight is 499 g/mol. The first-order chi connectivity index (χ1) is 16.7. The molecule has 1 aromatic carbocycles. The molecule has 8 nitrogen and oxygen atoms in total. The first-order valence-electron chi connectivity index (χ1n) is 11.5. The van der Waals surface area contributed by atoms with Gasteiger partial charge in [0.2, 0.25) is 5.91 Å². The van der Waals surface area contributed by atoms with E-state index >= 15 is 0 Å². The highest BCUT2D eigenvalue weighted by atomic mass is 35.5. The molecule has 0 radical (unpaired) electrons. The molecule has 4 heterocycles. The van der Waals surface area contributed by atoms with Crippen LogP contribution in [0.2, 0.25) is 5.02 Å². The normalized spacial score (nSPS) is 18.4. The minimum Gasteiger partial charge on any atom is -0.376 e. The highest BCUT2D eigenvalue weighted by molar-refractivity contribution is 7.99. The van der Waals surface area contributed by atoms with Crippen molar-refractivity contribution < 1.29 is 9.53 Å². The van der Waals surface area contributed by atoms with Crippen LogP contribution in [0.5, 0.6) is 0 Å². The van der Waals surface area contributed by atoms with Gasteiger partial charge in [0.1, 0.15) is 5.82 Å². The molecule has 0 bridgehead atoms. The highest BCUT2D eigenvalue weighted by Gasteiger charge is 2.25. The molecule has 10 heteroatoms. The van der Waals surface area contributed by atoms with Crippen LogP contribution in [-0.2, 0) is 16.1 Å². The van der Waals surface area contributed by atoms with Crippen molar-refractivity contribution in [3.8, 4) is 11.4 Å². The van der Waals surface area contributed by atoms with Gasteiger partial charge in [-0.05, 0) is 49.2 Å². The fraction of sp³-hybridized carbons (Fsp3) is 0.417. The Hall–Kier alpha value is -2.62. The zero-order valence-electron chi connectivity index (χ0n) is 18.8. The van der Waals surface area contributed by atoms with Gasteiger partial charge >= 0.3 is 0 Å². The summed E-state index contributed by atoms with van der Waals surface area (Å²) in [6.07, 6.45) is 4.02. The number of amides is 1. The molecule has 34 heavy (non-hydrogen) atoms. The summed E-state index contributed by atoms with van der Waals surface area (Å²) in [6, 6.07) is 13.5. The van der Waals surface area contributed by atoms with E-state index in [1.807, 2.05) is 47.4 Å². The number of nitrogens with zero attached hydrogens (tertiary/aromatic N) is 6. The van der Waals surface area contributed by atoms with Crippen molar-refractivity contribution >= 4 is 35.1 Å². The van der Waals surface area contributed by atoms with E-state index in [-0.39, 0.29) is 12.0 Å². The van der Waals surface area contributed by atoms with Crippen molar-refractivity contribution in [2.24, 2.45) is 0 Å². The lowest BCUT2D eigenvalue weighted by Crippen LogP contribution is -2.49. The molecule has 2 aliphatic rings. The molecule has 0 aliphatic carbocycles. The van der Waals surface area contributed by atoms with Crippen LogP contribution in [0.25, 0.3) is 11.4 Å². The van der Waals surface area contributed by atoms with Crippen LogP contribution >= 0.6 is 23.4 Å². The molecule has 2 aliphatic heterocycles. The zero-order chi connectivity index (χ0) is 23.3. The van der Waals surface area contributed by atoms with Crippen LogP contribution < -0.4 is 4.90 Å². The van der Waals surface area contributed by atoms with Crippen LogP contribution in [-0.4, -0.2) is 75.2 Å². The van der Waals surface area contributed by atoms with Crippen molar-refractivity contribution in [3.63, 3.8) is 0 Å². The third-order valence-corrected chi connectivity index (χ3v) is 7.36. The average Bonchev–Trinajstić information content (AvgIpc) is 3.54. The number of hydrogen-bond donors (Lipinski definition) is 0. The van der Waals surface area contributed by atoms with Crippen LogP contribution in [0.15, 0.2) is 53.8 Å². The van der Waals surface area contributed by atoms with Gasteiger partial charge in [-0.15, -0.1) is 10.2 Å². The van der Waals surface area contributed by atoms with E-state index in [1.54, 1.807) is 6.20 Å². The second-order valence-electron chi connectivity index (χ2n) is 8.40. The Morgan fingerprint density at radius 3 is 2.62 bits per heavy atom. The number of pyridine rings is 1. The maximum absolute atomic E-state index is 13.0. The summed E-state index contributed by atoms with van der Waals surface area (Å²) in [5.41, 5.74) is 0.943. The smallest absolute Gasteiger partial charge is 0.233 e. The van der Waals surface area contributed by atoms with Crippen molar-refractivity contribution in [2.75, 3.05) is 43.4 Å². The summed E-state index contributed by atoms with van der Waals surface area (Å²) in [5, 5.41) is 10.3. The van der Waals surface area contributed by atoms with E-state index in [2.05, 4.69) is 24.6 Å². The maximum Gasteiger partial charge on any atom is 0.233 e. The summed E-state index contributed by atoms with van der Waals surface area (Å²) < 4.78 is 7.95. The Balaban J connectivity index is 1.24. The van der Waals surface area contributed by atoms with Crippen molar-refractivity contribution in [1.82, 2.24) is 24.6 Å². The largest absolute Gasteiger partial charge is 0.376 e. The maximum atomic E-state index is 13.0. The SMILES string of the molecule is O=C(CSc1nnc(-c2ccc(Cl)cc2)n1C[C@H]1CCCO1)N1CCN(c2ccccn2)CC1. The summed E-state index contributed by atoms with van der Waals surface area (Å²) >= 11 is 7.51. The summed E-state index contributed by atoms with van der Waals surface area (Å²) in [5.74, 6) is 2.17. The molecule has 0 N–H and O–H groups in total. The number of benzene rings is 1. The van der Waals surface area contributed by atoms with Gasteiger partial charge in [-0.25, -0.2) is 4.98 Å². The number of halogens is 1. The molecular weight excluding hydrogens is 472 g/mol. The lowest BCUT2D eigenvalue weighted by atomic mass is 10.2. The third-order valence-electron chi connectivity index (χ3n) is 6.16. The molecule has 2 aromatic heterocycles. The van der Waals surface area contributed by atoms with Gasteiger partial charge in [0.15, 0.2) is 11.0 Å². The number of rotatable bonds is 7. The van der Waals surface area contributed by atoms with E-state index in [0.717, 1.165) is 54.9 Å². The number of carbonyl (C=O) groups is 1. The molecule has 0 unspecified atom stereocenters. The Kier molecular flexibility index (Phi) is 7.32. The Morgan fingerprint density at radius 2 is 1.91 bits per heavy atom. The minimum absolute atomic E-state index is 0.116. The monoisotopic (exact) mass is 498 g/mol. The number of hydrogen-bond acceptors (Lipinski definition) is 7. The predicted molar refractivity (Wildman–Crippen MR) is 133 cm³/mol. The Morgan fingerprint density at radius 1 is 1.09 bits per heavy atom. The molecule has 178 valence electrons. The van der Waals surface area contributed by atoms with Crippen LogP contribution in [0, 0.1) is 0 Å². The van der Waals surface area contributed by atoms with Crippen LogP contribution in [0.4, 0.5) is 5.82 Å². The third kappa shape index (κ3) is 5.37. The summed E-state index contributed by atoms with van der Waals surface area (Å²) in [7, 11) is 0. The number of thioether (sulfide) groups is 1. The molecular formula is C24H27ClN6O2S. The molecule has 2 fully saturated rings. The molecule has 2 saturated heterocycles. The fourth-order valence-electron chi connectivity index (χ4n) is 4.31. The fourth-order valence-corrected chi connectivity index (χ4v) is 5.28. The van der Waals surface area contributed by atoms with E-state index < -0.39 is 0 Å². The number of carbonyl (C=O) groups excluding carboxylic acids is 1. The van der Waals surface area contributed by atoms with Crippen LogP contribution in [0.3, 0.4) is 0 Å². The Bertz CT molecular complexity index is 1100. The minimum atomic E-state index is 0.116. The number of piperazine rings is 1. The standard InChI is InChI=1S/C24H27ClN6O2S/c25-19-8-6-18(7-9-19)23-27-28-24(31(23)16-20-4-3-15-33-20)34-17-22(32)30-13-11-29(12-14-30)21-5-1-2-10-26-21/h1-2,5-10,20H,3-4,11-17H2/t20-/m1/s1.